The van der Waals surface area contributed by atoms with Gasteiger partial charge in [-0.05, 0) is 53.9 Å². The van der Waals surface area contributed by atoms with Crippen molar-refractivity contribution in [3.8, 4) is 11.5 Å². The van der Waals surface area contributed by atoms with Gasteiger partial charge < -0.3 is 4.74 Å². The van der Waals surface area contributed by atoms with Gasteiger partial charge in [0.15, 0.2) is 16.6 Å². The minimum Gasteiger partial charge on any atom is -0.456 e. The minimum atomic E-state index is -0.765. The number of nitrogens with zero attached hydrogens (tertiary/aromatic N) is 6. The highest BCUT2D eigenvalue weighted by molar-refractivity contribution is 6.19. The highest BCUT2D eigenvalue weighted by atomic mass is 16.5. The molecule has 1 atom stereocenters. The molecule has 7 nitrogen and oxygen atoms in total. The van der Waals surface area contributed by atoms with Crippen molar-refractivity contribution in [1.82, 2.24) is 19.0 Å². The normalized spacial score (nSPS) is 17.4. The number of hydrogen-bond donors (Lipinski definition) is 0. The van der Waals surface area contributed by atoms with Crippen molar-refractivity contribution in [1.29, 1.82) is 0 Å². The van der Waals surface area contributed by atoms with Gasteiger partial charge in [-0.2, -0.15) is 13.5 Å². The highest BCUT2D eigenvalue weighted by Gasteiger charge is 2.66. The maximum absolute atomic E-state index is 6.91. The predicted octanol–water partition coefficient (Wildman–Crippen LogP) is 6.51. The molecule has 0 amide bonds. The largest absolute Gasteiger partial charge is 0.456 e. The Balaban J connectivity index is 1.45. The number of para-hydroxylation sites is 4. The van der Waals surface area contributed by atoms with Gasteiger partial charge in [0.1, 0.15) is 28.1 Å². The smallest absolute Gasteiger partial charge is 0.332 e. The molecule has 7 heteroatoms. The fourth-order valence-corrected chi connectivity index (χ4v) is 9.23. The molecule has 13 rings (SSSR count). The molecule has 0 fully saturated rings. The van der Waals surface area contributed by atoms with E-state index in [9.17, 15) is 0 Å². The summed E-state index contributed by atoms with van der Waals surface area (Å²) in [6.07, 6.45) is 1.81. The summed E-state index contributed by atoms with van der Waals surface area (Å²) >= 11 is 0. The lowest BCUT2D eigenvalue weighted by Crippen LogP contribution is -2.72. The van der Waals surface area contributed by atoms with E-state index in [1.54, 1.807) is 6.20 Å². The van der Waals surface area contributed by atoms with Gasteiger partial charge in [-0.3, -0.25) is 0 Å². The Morgan fingerprint density at radius 3 is 1.84 bits per heavy atom. The third-order valence-electron chi connectivity index (χ3n) is 10.6. The molecule has 200 valence electrons. The van der Waals surface area contributed by atoms with Gasteiger partial charge in [-0.15, -0.1) is 0 Å². The Labute approximate surface area is 247 Å². The van der Waals surface area contributed by atoms with E-state index in [1.807, 2.05) is 0 Å². The molecule has 44 heavy (non-hydrogen) atoms. The molecule has 1 spiro atoms. The van der Waals surface area contributed by atoms with Crippen molar-refractivity contribution in [3.63, 3.8) is 0 Å². The maximum atomic E-state index is 6.91. The van der Waals surface area contributed by atoms with E-state index < -0.39 is 5.66 Å². The second kappa shape index (κ2) is 6.31. The number of imidazole rings is 2. The molecule has 8 heterocycles. The van der Waals surface area contributed by atoms with Crippen LogP contribution in [0.25, 0.3) is 76.8 Å². The summed E-state index contributed by atoms with van der Waals surface area (Å²) in [4.78, 5) is 0. The summed E-state index contributed by atoms with van der Waals surface area (Å²) in [6.45, 7) is 0. The Morgan fingerprint density at radius 1 is 0.545 bits per heavy atom. The van der Waals surface area contributed by atoms with Gasteiger partial charge >= 0.3 is 5.65 Å². The van der Waals surface area contributed by atoms with Crippen LogP contribution in [0.4, 0.5) is 0 Å². The summed E-state index contributed by atoms with van der Waals surface area (Å²) < 4.78 is 16.8. The van der Waals surface area contributed by atoms with E-state index in [4.69, 9.17) is 9.84 Å². The highest BCUT2D eigenvalue weighted by Crippen LogP contribution is 2.58. The third kappa shape index (κ3) is 1.80. The average molecular weight is 563 g/mol. The van der Waals surface area contributed by atoms with Gasteiger partial charge in [0.25, 0.3) is 11.3 Å². The van der Waals surface area contributed by atoms with E-state index in [0.717, 1.165) is 33.8 Å². The van der Waals surface area contributed by atoms with Crippen LogP contribution in [0.15, 0.2) is 109 Å². The summed E-state index contributed by atoms with van der Waals surface area (Å²) in [5.41, 5.74) is 10.4. The molecular formula is C37H18N6O+2. The number of rotatable bonds is 0. The van der Waals surface area contributed by atoms with Crippen LogP contribution in [0.3, 0.4) is 0 Å². The second-order valence-corrected chi connectivity index (χ2v) is 12.2. The first-order chi connectivity index (χ1) is 21.9. The first-order valence-electron chi connectivity index (χ1n) is 14.9. The number of hydrogen-bond acceptors (Lipinski definition) is 3. The van der Waals surface area contributed by atoms with Crippen molar-refractivity contribution >= 4 is 76.8 Å². The predicted molar refractivity (Wildman–Crippen MR) is 167 cm³/mol. The first kappa shape index (κ1) is 20.7. The van der Waals surface area contributed by atoms with E-state index >= 15 is 0 Å². The van der Waals surface area contributed by atoms with Crippen LogP contribution in [0.1, 0.15) is 11.1 Å². The summed E-state index contributed by atoms with van der Waals surface area (Å²) in [6, 6.07) is 37.2. The van der Waals surface area contributed by atoms with Crippen molar-refractivity contribution in [2.45, 2.75) is 5.66 Å². The molecule has 0 saturated heterocycles. The molecule has 1 unspecified atom stereocenters. The molecule has 0 radical (unpaired) electrons. The lowest BCUT2D eigenvalue weighted by molar-refractivity contribution is -0.924. The van der Waals surface area contributed by atoms with E-state index in [-0.39, 0.29) is 0 Å². The fourth-order valence-electron chi connectivity index (χ4n) is 9.23. The number of fused-ring (bicyclic) bond motifs is 12. The Kier molecular flexibility index (Phi) is 2.97. The van der Waals surface area contributed by atoms with Crippen LogP contribution in [-0.2, 0) is 5.66 Å². The van der Waals surface area contributed by atoms with Crippen LogP contribution in [0.2, 0.25) is 0 Å². The molecule has 3 aliphatic heterocycles. The standard InChI is InChI=1S/C37H18N6O/c1-3-9-23-19(7-1)21-13-15-28-32-30(21)35-40(23)25-11-5-6-12-26(25)42(35)37(32)33-29(44-28)16-14-22-20-8-2-4-10-24(20)41-27-17-18-38-39-34(27)43(37)36(41)31(22)33/h1-18H/q+2. The molecule has 10 aromatic rings. The minimum absolute atomic E-state index is 0.765. The van der Waals surface area contributed by atoms with E-state index in [1.165, 1.54) is 65.6 Å². The van der Waals surface area contributed by atoms with Crippen LogP contribution in [-0.4, -0.2) is 19.0 Å². The van der Waals surface area contributed by atoms with Crippen LogP contribution >= 0.6 is 0 Å². The topological polar surface area (TPSA) is 51.6 Å². The van der Waals surface area contributed by atoms with Gasteiger partial charge in [0.2, 0.25) is 5.65 Å². The van der Waals surface area contributed by atoms with Gasteiger partial charge in [-0.1, -0.05) is 53.6 Å². The van der Waals surface area contributed by atoms with Crippen molar-refractivity contribution in [2.24, 2.45) is 0 Å². The zero-order valence-corrected chi connectivity index (χ0v) is 23.0. The molecule has 0 aliphatic carbocycles. The Hall–Kier alpha value is -6.08. The first-order valence-corrected chi connectivity index (χ1v) is 14.9. The lowest BCUT2D eigenvalue weighted by atomic mass is 9.85. The Bertz CT molecular complexity index is 2890. The summed E-state index contributed by atoms with van der Waals surface area (Å²) in [7, 11) is 0. The monoisotopic (exact) mass is 562 g/mol. The van der Waals surface area contributed by atoms with Crippen LogP contribution < -0.4 is 13.9 Å². The van der Waals surface area contributed by atoms with Gasteiger partial charge in [0.05, 0.1) is 22.5 Å². The van der Waals surface area contributed by atoms with Crippen molar-refractivity contribution in [2.75, 3.05) is 0 Å². The third-order valence-corrected chi connectivity index (χ3v) is 10.6. The molecule has 5 aromatic heterocycles. The molecular weight excluding hydrogens is 544 g/mol. The fraction of sp³-hybridized carbons (Fsp3) is 0.0270. The molecule has 0 bridgehead atoms. The molecule has 5 aromatic carbocycles. The van der Waals surface area contributed by atoms with Gasteiger partial charge in [0, 0.05) is 27.3 Å². The quantitative estimate of drug-likeness (QED) is 0.157. The zero-order valence-electron chi connectivity index (χ0n) is 23.0. The maximum Gasteiger partial charge on any atom is 0.332 e. The number of pyridine rings is 2. The average Bonchev–Trinajstić information content (AvgIpc) is 3.79. The molecule has 0 N–H and O–H groups in total. The number of ether oxygens (including phenoxy) is 1. The SMILES string of the molecule is c1ccc2c(c1)c1ccc3c4c1c1n2c2ccccc2[n+]1C41c2c(ccc4c5ccccc5n5c6ccnnc6[n+]1c5c24)O3. The van der Waals surface area contributed by atoms with E-state index in [0.29, 0.717) is 0 Å². The summed E-state index contributed by atoms with van der Waals surface area (Å²) in [5.74, 6) is 1.77. The van der Waals surface area contributed by atoms with Crippen molar-refractivity contribution < 1.29 is 13.9 Å². The number of benzene rings is 5. The number of aromatic nitrogens is 6. The molecule has 0 saturated carbocycles. The lowest BCUT2D eigenvalue weighted by Gasteiger charge is -2.31. The molecule has 3 aliphatic rings. The van der Waals surface area contributed by atoms with Crippen molar-refractivity contribution in [3.05, 3.63) is 120 Å². The zero-order chi connectivity index (χ0) is 28.1. The summed E-state index contributed by atoms with van der Waals surface area (Å²) in [5, 5.41) is 16.7. The van der Waals surface area contributed by atoms with Gasteiger partial charge in [-0.25, -0.2) is 4.40 Å². The Morgan fingerprint density at radius 2 is 1.14 bits per heavy atom. The van der Waals surface area contributed by atoms with Crippen LogP contribution in [0, 0.1) is 0 Å². The van der Waals surface area contributed by atoms with Crippen LogP contribution in [0.5, 0.6) is 11.5 Å². The second-order valence-electron chi connectivity index (χ2n) is 12.2. The van der Waals surface area contributed by atoms with E-state index in [2.05, 4.69) is 126 Å².